The second-order valence-corrected chi connectivity index (χ2v) is 6.56. The highest BCUT2D eigenvalue weighted by Crippen LogP contribution is 2.20. The molecule has 136 valence electrons. The van der Waals surface area contributed by atoms with E-state index in [1.807, 2.05) is 43.7 Å². The molecule has 0 radical (unpaired) electrons. The number of aromatic nitrogens is 2. The Morgan fingerprint density at radius 3 is 2.50 bits per heavy atom. The Kier molecular flexibility index (Phi) is 5.47. The maximum atomic E-state index is 13.9. The van der Waals surface area contributed by atoms with Gasteiger partial charge in [-0.05, 0) is 32.4 Å². The van der Waals surface area contributed by atoms with Crippen LogP contribution in [-0.2, 0) is 13.1 Å². The topological polar surface area (TPSA) is 29.9 Å². The van der Waals surface area contributed by atoms with Crippen LogP contribution in [0.3, 0.4) is 0 Å². The highest BCUT2D eigenvalue weighted by molar-refractivity contribution is 5.27. The lowest BCUT2D eigenvalue weighted by Crippen LogP contribution is -2.20. The van der Waals surface area contributed by atoms with Crippen LogP contribution < -0.4 is 5.32 Å². The lowest BCUT2D eigenvalue weighted by Gasteiger charge is -2.15. The van der Waals surface area contributed by atoms with Gasteiger partial charge in [-0.3, -0.25) is 4.68 Å². The summed E-state index contributed by atoms with van der Waals surface area (Å²) in [5.41, 5.74) is 4.80. The fourth-order valence-corrected chi connectivity index (χ4v) is 3.12. The Hall–Kier alpha value is -2.53. The number of aryl methyl sites for hydroxylation is 1. The number of hydrogen-bond acceptors (Lipinski definition) is 2. The summed E-state index contributed by atoms with van der Waals surface area (Å²) < 4.78 is 29.0. The van der Waals surface area contributed by atoms with Crippen molar-refractivity contribution in [1.82, 2.24) is 15.1 Å². The highest BCUT2D eigenvalue weighted by atomic mass is 19.1. The van der Waals surface area contributed by atoms with Crippen molar-refractivity contribution >= 4 is 0 Å². The predicted molar refractivity (Wildman–Crippen MR) is 98.9 cm³/mol. The standard InChI is InChI=1S/C21H23F2N3/c1-14(19-10-9-18(22)11-21(19)23)24-12-20-15(2)25-26(16(20)3)13-17-7-5-4-6-8-17/h4-11,14,24H,12-13H2,1-3H3/t14-/m0/s1. The highest BCUT2D eigenvalue weighted by Gasteiger charge is 2.15. The average molecular weight is 355 g/mol. The molecule has 0 amide bonds. The van der Waals surface area contributed by atoms with E-state index >= 15 is 0 Å². The Balaban J connectivity index is 1.72. The molecule has 5 heteroatoms. The summed E-state index contributed by atoms with van der Waals surface area (Å²) in [4.78, 5) is 0. The van der Waals surface area contributed by atoms with Crippen LogP contribution in [0, 0.1) is 25.5 Å². The van der Waals surface area contributed by atoms with Crippen molar-refractivity contribution < 1.29 is 8.78 Å². The largest absolute Gasteiger partial charge is 0.306 e. The van der Waals surface area contributed by atoms with E-state index in [-0.39, 0.29) is 6.04 Å². The number of halogens is 2. The predicted octanol–water partition coefficient (Wildman–Crippen LogP) is 4.68. The van der Waals surface area contributed by atoms with Gasteiger partial charge in [0.1, 0.15) is 11.6 Å². The summed E-state index contributed by atoms with van der Waals surface area (Å²) in [5.74, 6) is -1.09. The van der Waals surface area contributed by atoms with Crippen molar-refractivity contribution in [2.45, 2.75) is 39.9 Å². The number of rotatable bonds is 6. The van der Waals surface area contributed by atoms with Gasteiger partial charge in [0, 0.05) is 35.5 Å². The second-order valence-electron chi connectivity index (χ2n) is 6.56. The van der Waals surface area contributed by atoms with Crippen LogP contribution in [-0.4, -0.2) is 9.78 Å². The van der Waals surface area contributed by atoms with Gasteiger partial charge in [0.25, 0.3) is 0 Å². The molecular formula is C21H23F2N3. The monoisotopic (exact) mass is 355 g/mol. The zero-order chi connectivity index (χ0) is 18.7. The van der Waals surface area contributed by atoms with Gasteiger partial charge >= 0.3 is 0 Å². The van der Waals surface area contributed by atoms with E-state index in [1.165, 1.54) is 17.7 Å². The van der Waals surface area contributed by atoms with Gasteiger partial charge < -0.3 is 5.32 Å². The molecule has 1 aromatic heterocycles. The average Bonchev–Trinajstić information content (AvgIpc) is 2.87. The molecule has 3 rings (SSSR count). The van der Waals surface area contributed by atoms with Crippen molar-refractivity contribution in [2.75, 3.05) is 0 Å². The van der Waals surface area contributed by atoms with E-state index < -0.39 is 11.6 Å². The van der Waals surface area contributed by atoms with E-state index in [9.17, 15) is 8.78 Å². The van der Waals surface area contributed by atoms with Crippen LogP contribution in [0.5, 0.6) is 0 Å². The molecule has 0 bridgehead atoms. The molecule has 1 N–H and O–H groups in total. The van der Waals surface area contributed by atoms with Crippen LogP contribution in [0.2, 0.25) is 0 Å². The van der Waals surface area contributed by atoms with Gasteiger partial charge in [-0.1, -0.05) is 36.4 Å². The van der Waals surface area contributed by atoms with Gasteiger partial charge in [-0.15, -0.1) is 0 Å². The zero-order valence-electron chi connectivity index (χ0n) is 15.3. The summed E-state index contributed by atoms with van der Waals surface area (Å²) in [5, 5.41) is 7.96. The Morgan fingerprint density at radius 2 is 1.81 bits per heavy atom. The second kappa shape index (κ2) is 7.79. The molecule has 0 aliphatic carbocycles. The summed E-state index contributed by atoms with van der Waals surface area (Å²) in [6.45, 7) is 7.19. The minimum absolute atomic E-state index is 0.230. The van der Waals surface area contributed by atoms with E-state index in [1.54, 1.807) is 0 Å². The van der Waals surface area contributed by atoms with Gasteiger partial charge in [-0.25, -0.2) is 8.78 Å². The van der Waals surface area contributed by atoms with Gasteiger partial charge in [-0.2, -0.15) is 5.10 Å². The molecule has 0 spiro atoms. The first-order valence-electron chi connectivity index (χ1n) is 8.71. The Morgan fingerprint density at radius 1 is 1.08 bits per heavy atom. The molecule has 26 heavy (non-hydrogen) atoms. The Labute approximate surface area is 152 Å². The molecule has 3 aromatic rings. The number of nitrogens with zero attached hydrogens (tertiary/aromatic N) is 2. The molecule has 0 aliphatic heterocycles. The fraction of sp³-hybridized carbons (Fsp3) is 0.286. The summed E-state index contributed by atoms with van der Waals surface area (Å²) in [6, 6.07) is 13.6. The fourth-order valence-electron chi connectivity index (χ4n) is 3.12. The number of nitrogens with one attached hydrogen (secondary N) is 1. The number of benzene rings is 2. The van der Waals surface area contributed by atoms with E-state index in [4.69, 9.17) is 0 Å². The zero-order valence-corrected chi connectivity index (χ0v) is 15.3. The molecule has 3 nitrogen and oxygen atoms in total. The van der Waals surface area contributed by atoms with Crippen LogP contribution in [0.1, 0.15) is 41.0 Å². The van der Waals surface area contributed by atoms with Crippen molar-refractivity contribution in [2.24, 2.45) is 0 Å². The molecule has 0 fully saturated rings. The summed E-state index contributed by atoms with van der Waals surface area (Å²) in [7, 11) is 0. The third-order valence-corrected chi connectivity index (χ3v) is 4.72. The van der Waals surface area contributed by atoms with Crippen LogP contribution >= 0.6 is 0 Å². The van der Waals surface area contributed by atoms with Gasteiger partial charge in [0.2, 0.25) is 0 Å². The first kappa shape index (κ1) is 18.3. The van der Waals surface area contributed by atoms with Crippen molar-refractivity contribution in [3.05, 3.63) is 88.2 Å². The first-order chi connectivity index (χ1) is 12.5. The quantitative estimate of drug-likeness (QED) is 0.696. The molecule has 0 saturated heterocycles. The smallest absolute Gasteiger partial charge is 0.130 e. The molecule has 0 aliphatic rings. The molecular weight excluding hydrogens is 332 g/mol. The number of hydrogen-bond donors (Lipinski definition) is 1. The van der Waals surface area contributed by atoms with E-state index in [0.29, 0.717) is 12.1 Å². The molecule has 0 unspecified atom stereocenters. The van der Waals surface area contributed by atoms with Crippen LogP contribution in [0.25, 0.3) is 0 Å². The summed E-state index contributed by atoms with van der Waals surface area (Å²) in [6.07, 6.45) is 0. The van der Waals surface area contributed by atoms with Gasteiger partial charge in [0.15, 0.2) is 0 Å². The molecule has 0 saturated carbocycles. The first-order valence-corrected chi connectivity index (χ1v) is 8.71. The lowest BCUT2D eigenvalue weighted by molar-refractivity contribution is 0.516. The van der Waals surface area contributed by atoms with Crippen molar-refractivity contribution in [1.29, 1.82) is 0 Å². The van der Waals surface area contributed by atoms with E-state index in [2.05, 4.69) is 22.5 Å². The van der Waals surface area contributed by atoms with Gasteiger partial charge in [0.05, 0.1) is 12.2 Å². The SMILES string of the molecule is Cc1nn(Cc2ccccc2)c(C)c1CN[C@@H](C)c1ccc(F)cc1F. The molecule has 1 heterocycles. The molecule has 1 atom stereocenters. The Bertz CT molecular complexity index is 888. The maximum Gasteiger partial charge on any atom is 0.130 e. The van der Waals surface area contributed by atoms with Crippen LogP contribution in [0.4, 0.5) is 8.78 Å². The third-order valence-electron chi connectivity index (χ3n) is 4.72. The van der Waals surface area contributed by atoms with Crippen molar-refractivity contribution in [3.8, 4) is 0 Å². The van der Waals surface area contributed by atoms with Crippen LogP contribution in [0.15, 0.2) is 48.5 Å². The third kappa shape index (κ3) is 3.99. The minimum atomic E-state index is -0.563. The normalized spacial score (nSPS) is 12.3. The maximum absolute atomic E-state index is 13.9. The lowest BCUT2D eigenvalue weighted by atomic mass is 10.1. The minimum Gasteiger partial charge on any atom is -0.306 e. The summed E-state index contributed by atoms with van der Waals surface area (Å²) >= 11 is 0. The molecule has 2 aromatic carbocycles. The van der Waals surface area contributed by atoms with E-state index in [0.717, 1.165) is 29.6 Å². The van der Waals surface area contributed by atoms with Crippen molar-refractivity contribution in [3.63, 3.8) is 0 Å².